The van der Waals surface area contributed by atoms with Crippen LogP contribution in [0, 0.1) is 0 Å². The summed E-state index contributed by atoms with van der Waals surface area (Å²) < 4.78 is 2.05. The van der Waals surface area contributed by atoms with Gasteiger partial charge in [-0.1, -0.05) is 57.0 Å². The van der Waals surface area contributed by atoms with Gasteiger partial charge in [0.25, 0.3) is 0 Å². The predicted molar refractivity (Wildman–Crippen MR) is 115 cm³/mol. The lowest BCUT2D eigenvalue weighted by molar-refractivity contribution is 0.531. The molecule has 1 aromatic carbocycles. The van der Waals surface area contributed by atoms with E-state index in [1.54, 1.807) is 0 Å². The molecule has 0 bridgehead atoms. The van der Waals surface area contributed by atoms with Crippen molar-refractivity contribution in [1.29, 1.82) is 0 Å². The van der Waals surface area contributed by atoms with Crippen molar-refractivity contribution >= 4 is 0 Å². The maximum atomic E-state index is 4.72. The smallest absolute Gasteiger partial charge is 0.205 e. The van der Waals surface area contributed by atoms with E-state index in [9.17, 15) is 0 Å². The molecule has 154 valence electrons. The number of benzene rings is 1. The molecule has 0 radical (unpaired) electrons. The van der Waals surface area contributed by atoms with Crippen LogP contribution in [-0.4, -0.2) is 40.4 Å². The molecule has 3 heterocycles. The number of unbranched alkanes of at least 4 members (excludes halogenated alkanes) is 2. The Morgan fingerprint density at radius 1 is 1.00 bits per heavy atom. The van der Waals surface area contributed by atoms with E-state index >= 15 is 0 Å². The highest BCUT2D eigenvalue weighted by molar-refractivity contribution is 5.79. The molecule has 1 N–H and O–H groups in total. The Hall–Kier alpha value is -3.42. The van der Waals surface area contributed by atoms with Gasteiger partial charge in [-0.25, -0.2) is 9.67 Å². The maximum Gasteiger partial charge on any atom is 0.205 e. The Kier molecular flexibility index (Phi) is 6.22. The van der Waals surface area contributed by atoms with Gasteiger partial charge in [-0.15, -0.1) is 10.2 Å². The molecule has 0 fully saturated rings. The largest absolute Gasteiger partial charge is 0.260 e. The lowest BCUT2D eigenvalue weighted by Gasteiger charge is -2.08. The number of hydrogen-bond acceptors (Lipinski definition) is 6. The second kappa shape index (κ2) is 9.39. The highest BCUT2D eigenvalue weighted by Gasteiger charge is 2.13. The van der Waals surface area contributed by atoms with Crippen molar-refractivity contribution in [3.8, 4) is 22.5 Å². The minimum Gasteiger partial charge on any atom is -0.260 e. The van der Waals surface area contributed by atoms with E-state index in [4.69, 9.17) is 9.97 Å². The highest BCUT2D eigenvalue weighted by atomic mass is 15.5. The van der Waals surface area contributed by atoms with Crippen LogP contribution in [0.2, 0.25) is 0 Å². The number of rotatable bonds is 9. The number of hydrogen-bond donors (Lipinski definition) is 1. The first-order valence-electron chi connectivity index (χ1n) is 10.5. The topological polar surface area (TPSA) is 98.1 Å². The van der Waals surface area contributed by atoms with Gasteiger partial charge in [0.2, 0.25) is 5.82 Å². The summed E-state index contributed by atoms with van der Waals surface area (Å²) >= 11 is 0. The third-order valence-corrected chi connectivity index (χ3v) is 5.07. The van der Waals surface area contributed by atoms with E-state index < -0.39 is 0 Å². The van der Waals surface area contributed by atoms with Gasteiger partial charge in [0, 0.05) is 42.4 Å². The molecular weight excluding hydrogens is 376 g/mol. The summed E-state index contributed by atoms with van der Waals surface area (Å²) in [4.78, 5) is 9.42. The lowest BCUT2D eigenvalue weighted by Crippen LogP contribution is -2.07. The number of aromatic nitrogens is 8. The zero-order valence-corrected chi connectivity index (χ0v) is 17.4. The molecule has 30 heavy (non-hydrogen) atoms. The fourth-order valence-electron chi connectivity index (χ4n) is 3.45. The van der Waals surface area contributed by atoms with Gasteiger partial charge in [-0.3, -0.25) is 4.98 Å². The van der Waals surface area contributed by atoms with Gasteiger partial charge >= 0.3 is 0 Å². The van der Waals surface area contributed by atoms with Gasteiger partial charge in [0.05, 0.1) is 0 Å². The standard InChI is InChI=1S/C22H26N8/c1-3-5-8-13-30-21(24-20(4-2)27-30)14-17-12-11-16(15-23-17)18-9-6-7-10-19(18)22-25-28-29-26-22/h6-7,9-12,15H,3-5,8,13-14H2,1-2H3,(H,25,26,28,29). The number of nitrogens with zero attached hydrogens (tertiary/aromatic N) is 7. The highest BCUT2D eigenvalue weighted by Crippen LogP contribution is 2.29. The fourth-order valence-corrected chi connectivity index (χ4v) is 3.45. The number of pyridine rings is 1. The average Bonchev–Trinajstić information content (AvgIpc) is 3.45. The van der Waals surface area contributed by atoms with Gasteiger partial charge in [0.15, 0.2) is 5.82 Å². The van der Waals surface area contributed by atoms with E-state index in [1.165, 1.54) is 12.8 Å². The van der Waals surface area contributed by atoms with Crippen LogP contribution in [0.15, 0.2) is 42.6 Å². The normalized spacial score (nSPS) is 11.1. The van der Waals surface area contributed by atoms with E-state index in [-0.39, 0.29) is 0 Å². The molecule has 0 saturated carbocycles. The number of tetrazole rings is 1. The molecule has 0 aliphatic rings. The summed E-state index contributed by atoms with van der Waals surface area (Å²) in [7, 11) is 0. The molecule has 0 atom stereocenters. The first-order chi connectivity index (χ1) is 14.8. The summed E-state index contributed by atoms with van der Waals surface area (Å²) in [5, 5.41) is 19.1. The zero-order chi connectivity index (χ0) is 20.8. The molecule has 8 nitrogen and oxygen atoms in total. The van der Waals surface area contributed by atoms with E-state index in [0.29, 0.717) is 12.2 Å². The van der Waals surface area contributed by atoms with Crippen molar-refractivity contribution in [2.75, 3.05) is 0 Å². The minimum atomic E-state index is 0.571. The molecule has 3 aromatic heterocycles. The maximum absolute atomic E-state index is 4.72. The van der Waals surface area contributed by atoms with Crippen LogP contribution in [0.5, 0.6) is 0 Å². The Labute approximate surface area is 175 Å². The van der Waals surface area contributed by atoms with Crippen molar-refractivity contribution in [2.45, 2.75) is 52.5 Å². The first kappa shape index (κ1) is 19.9. The van der Waals surface area contributed by atoms with E-state index in [1.807, 2.05) is 30.5 Å². The third kappa shape index (κ3) is 4.42. The minimum absolute atomic E-state index is 0.571. The van der Waals surface area contributed by atoms with Gasteiger partial charge in [-0.05, 0) is 23.3 Å². The Bertz CT molecular complexity index is 1070. The molecule has 8 heteroatoms. The van der Waals surface area contributed by atoms with Crippen LogP contribution >= 0.6 is 0 Å². The predicted octanol–water partition coefficient (Wildman–Crippen LogP) is 3.86. The molecular formula is C22H26N8. The molecule has 0 amide bonds. The molecule has 0 aliphatic heterocycles. The lowest BCUT2D eigenvalue weighted by atomic mass is 10.0. The van der Waals surface area contributed by atoms with Crippen LogP contribution < -0.4 is 0 Å². The van der Waals surface area contributed by atoms with E-state index in [0.717, 1.165) is 53.4 Å². The van der Waals surface area contributed by atoms with Crippen LogP contribution in [0.3, 0.4) is 0 Å². The van der Waals surface area contributed by atoms with Crippen LogP contribution in [0.25, 0.3) is 22.5 Å². The van der Waals surface area contributed by atoms with Crippen LogP contribution in [0.1, 0.15) is 50.5 Å². The summed E-state index contributed by atoms with van der Waals surface area (Å²) in [5.41, 5.74) is 3.93. The van der Waals surface area contributed by atoms with Crippen molar-refractivity contribution in [1.82, 2.24) is 40.4 Å². The Balaban J connectivity index is 1.55. The number of nitrogens with one attached hydrogen (secondary N) is 1. The number of aromatic amines is 1. The first-order valence-corrected chi connectivity index (χ1v) is 10.5. The molecule has 4 aromatic rings. The number of H-pyrrole nitrogens is 1. The van der Waals surface area contributed by atoms with Crippen LogP contribution in [-0.2, 0) is 19.4 Å². The monoisotopic (exact) mass is 402 g/mol. The zero-order valence-electron chi connectivity index (χ0n) is 17.4. The van der Waals surface area contributed by atoms with Gasteiger partial charge < -0.3 is 0 Å². The molecule has 0 unspecified atom stereocenters. The second-order valence-corrected chi connectivity index (χ2v) is 7.22. The third-order valence-electron chi connectivity index (χ3n) is 5.07. The Morgan fingerprint density at radius 3 is 2.57 bits per heavy atom. The Morgan fingerprint density at radius 2 is 1.87 bits per heavy atom. The quantitative estimate of drug-likeness (QED) is 0.427. The van der Waals surface area contributed by atoms with Crippen molar-refractivity contribution in [3.05, 3.63) is 59.9 Å². The summed E-state index contributed by atoms with van der Waals surface area (Å²) in [6, 6.07) is 12.1. The fraction of sp³-hybridized carbons (Fsp3) is 0.364. The molecule has 0 spiro atoms. The van der Waals surface area contributed by atoms with Crippen LogP contribution in [0.4, 0.5) is 0 Å². The molecule has 0 aliphatic carbocycles. The van der Waals surface area contributed by atoms with Crippen molar-refractivity contribution in [2.24, 2.45) is 0 Å². The van der Waals surface area contributed by atoms with Crippen molar-refractivity contribution < 1.29 is 0 Å². The van der Waals surface area contributed by atoms with Gasteiger partial charge in [-0.2, -0.15) is 10.3 Å². The number of aryl methyl sites for hydroxylation is 2. The second-order valence-electron chi connectivity index (χ2n) is 7.22. The average molecular weight is 403 g/mol. The van der Waals surface area contributed by atoms with E-state index in [2.05, 4.69) is 56.4 Å². The summed E-state index contributed by atoms with van der Waals surface area (Å²) in [6.45, 7) is 5.21. The van der Waals surface area contributed by atoms with Gasteiger partial charge in [0.1, 0.15) is 5.82 Å². The summed E-state index contributed by atoms with van der Waals surface area (Å²) in [5.74, 6) is 2.45. The molecule has 0 saturated heterocycles. The van der Waals surface area contributed by atoms with Crippen molar-refractivity contribution in [3.63, 3.8) is 0 Å². The molecule has 4 rings (SSSR count). The summed E-state index contributed by atoms with van der Waals surface area (Å²) in [6.07, 6.45) is 6.92. The SMILES string of the molecule is CCCCCn1nc(CC)nc1Cc1ccc(-c2ccccc2-c2nn[nH]n2)cn1.